The van der Waals surface area contributed by atoms with Crippen molar-refractivity contribution < 1.29 is 38.6 Å². The number of hydrogen-bond donors (Lipinski definition) is 3. The quantitative estimate of drug-likeness (QED) is 0.0739. The van der Waals surface area contributed by atoms with E-state index in [4.69, 9.17) is 9.47 Å². The van der Waals surface area contributed by atoms with Crippen LogP contribution in [0.3, 0.4) is 0 Å². The van der Waals surface area contributed by atoms with E-state index < -0.39 is 60.0 Å². The van der Waals surface area contributed by atoms with Crippen molar-refractivity contribution in [2.75, 3.05) is 13.7 Å². The number of likely N-dealkylation sites (N-methyl/N-ethyl adjacent to an activating group) is 1. The number of thiazole rings is 1. The van der Waals surface area contributed by atoms with Crippen molar-refractivity contribution in [3.8, 4) is 11.1 Å². The van der Waals surface area contributed by atoms with Crippen LogP contribution in [0.4, 0.5) is 4.79 Å². The topological polar surface area (TPSA) is 164 Å². The normalized spacial score (nSPS) is 15.1. The Bertz CT molecular complexity index is 2090. The third kappa shape index (κ3) is 11.8. The number of nitrogens with zero attached hydrogens (tertiary/aromatic N) is 2. The number of nitrogens with one attached hydrogen (secondary N) is 2. The average Bonchev–Trinajstić information content (AvgIpc) is 3.86. The summed E-state index contributed by atoms with van der Waals surface area (Å²) in [5, 5.41) is 17.5. The third-order valence-corrected chi connectivity index (χ3v) is 12.6. The Hall–Kier alpha value is -5.56. The van der Waals surface area contributed by atoms with Crippen LogP contribution in [0.15, 0.2) is 84.2 Å². The highest BCUT2D eigenvalue weighted by molar-refractivity contribution is 7.09. The number of carboxylic acids is 1. The maximum absolute atomic E-state index is 14.5. The van der Waals surface area contributed by atoms with Gasteiger partial charge in [0.1, 0.15) is 23.4 Å². The van der Waals surface area contributed by atoms with E-state index in [2.05, 4.69) is 39.9 Å². The standard InChI is InChI=1S/C48H60N4O8S/c1-9-30(6)42(51-48(58)59-26-38-36-21-15-13-19-34(36)35-20-14-16-22-37(35)38)45(54)52(8)40(28(2)3)25-41(60-47(57)29(4)5)44-50-39(27-61-44)43(53)49-33(23-31(7)46(55)56)24-32-17-11-10-12-18-32/h10-22,27-31,33,38,40-42H,9,23-26H2,1-8H3,(H,49,53)(H,51,58)(H,55,56)/t30-,31?,33?,40+,41+,42-/m0/s1. The van der Waals surface area contributed by atoms with Gasteiger partial charge in [-0.05, 0) is 52.5 Å². The number of carbonyl (C=O) groups excluding carboxylic acids is 4. The lowest BCUT2D eigenvalue weighted by Gasteiger charge is -2.37. The molecule has 5 rings (SSSR count). The number of ether oxygens (including phenoxy) is 2. The predicted molar refractivity (Wildman–Crippen MR) is 236 cm³/mol. The molecule has 1 aliphatic carbocycles. The SMILES string of the molecule is CC[C@H](C)[C@H](NC(=O)OCC1c2ccccc2-c2ccccc21)C(=O)N(C)[C@H](C[C@@H](OC(=O)C(C)C)c1nc(C(=O)NC(Cc2ccccc2)CC(C)C(=O)O)cs1)C(C)C. The minimum atomic E-state index is -0.954. The Morgan fingerprint density at radius 1 is 0.836 bits per heavy atom. The fourth-order valence-electron chi connectivity index (χ4n) is 7.82. The van der Waals surface area contributed by atoms with E-state index in [0.717, 1.165) is 27.8 Å². The lowest BCUT2D eigenvalue weighted by atomic mass is 9.93. The second-order valence-corrected chi connectivity index (χ2v) is 17.7. The van der Waals surface area contributed by atoms with E-state index in [0.29, 0.717) is 17.8 Å². The Balaban J connectivity index is 1.31. The highest BCUT2D eigenvalue weighted by Crippen LogP contribution is 2.44. The van der Waals surface area contributed by atoms with Crippen molar-refractivity contribution in [3.05, 3.63) is 112 Å². The van der Waals surface area contributed by atoms with Crippen LogP contribution in [0.5, 0.6) is 0 Å². The molecule has 4 aromatic rings. The number of aromatic nitrogens is 1. The maximum Gasteiger partial charge on any atom is 0.407 e. The number of alkyl carbamates (subject to hydrolysis) is 1. The zero-order valence-electron chi connectivity index (χ0n) is 36.4. The molecule has 61 heavy (non-hydrogen) atoms. The Labute approximate surface area is 363 Å². The van der Waals surface area contributed by atoms with Gasteiger partial charge < -0.3 is 30.1 Å². The van der Waals surface area contributed by atoms with Crippen molar-refractivity contribution in [1.29, 1.82) is 0 Å². The molecular formula is C48H60N4O8S. The first-order valence-corrected chi connectivity index (χ1v) is 22.1. The predicted octanol–water partition coefficient (Wildman–Crippen LogP) is 8.66. The molecule has 0 fully saturated rings. The number of fused-ring (bicyclic) bond motifs is 3. The molecule has 0 spiro atoms. The first kappa shape index (κ1) is 46.5. The number of carbonyl (C=O) groups is 5. The summed E-state index contributed by atoms with van der Waals surface area (Å²) in [6, 6.07) is 23.9. The van der Waals surface area contributed by atoms with Crippen LogP contribution in [-0.2, 0) is 30.3 Å². The van der Waals surface area contributed by atoms with Crippen LogP contribution in [-0.4, -0.2) is 76.6 Å². The molecular weight excluding hydrogens is 793 g/mol. The molecule has 3 N–H and O–H groups in total. The van der Waals surface area contributed by atoms with E-state index in [-0.39, 0.29) is 48.8 Å². The largest absolute Gasteiger partial charge is 0.481 e. The molecule has 1 aliphatic rings. The molecule has 0 saturated carbocycles. The van der Waals surface area contributed by atoms with Crippen molar-refractivity contribution in [2.45, 2.75) is 104 Å². The van der Waals surface area contributed by atoms with E-state index >= 15 is 0 Å². The molecule has 1 aromatic heterocycles. The van der Waals surface area contributed by atoms with Gasteiger partial charge in [-0.3, -0.25) is 19.2 Å². The first-order chi connectivity index (χ1) is 29.1. The molecule has 3 aromatic carbocycles. The molecule has 326 valence electrons. The van der Waals surface area contributed by atoms with E-state index in [9.17, 15) is 29.1 Å². The van der Waals surface area contributed by atoms with Gasteiger partial charge in [-0.1, -0.05) is 134 Å². The summed E-state index contributed by atoms with van der Waals surface area (Å²) in [5.41, 5.74) is 5.47. The lowest BCUT2D eigenvalue weighted by Crippen LogP contribution is -2.54. The number of hydrogen-bond acceptors (Lipinski definition) is 9. The number of rotatable bonds is 20. The number of benzene rings is 3. The molecule has 3 amide bonds. The first-order valence-electron chi connectivity index (χ1n) is 21.2. The van der Waals surface area contributed by atoms with Crippen LogP contribution in [0.2, 0.25) is 0 Å². The van der Waals surface area contributed by atoms with E-state index in [1.165, 1.54) is 11.3 Å². The van der Waals surface area contributed by atoms with Gasteiger partial charge >= 0.3 is 18.0 Å². The molecule has 0 bridgehead atoms. The molecule has 1 heterocycles. The van der Waals surface area contributed by atoms with Gasteiger partial charge in [0.25, 0.3) is 5.91 Å². The molecule has 13 heteroatoms. The van der Waals surface area contributed by atoms with Gasteiger partial charge in [0, 0.05) is 36.9 Å². The van der Waals surface area contributed by atoms with Crippen molar-refractivity contribution in [2.24, 2.45) is 23.7 Å². The average molecular weight is 853 g/mol. The molecule has 0 radical (unpaired) electrons. The Morgan fingerprint density at radius 2 is 1.44 bits per heavy atom. The fourth-order valence-corrected chi connectivity index (χ4v) is 8.66. The van der Waals surface area contributed by atoms with Crippen molar-refractivity contribution in [3.63, 3.8) is 0 Å². The van der Waals surface area contributed by atoms with E-state index in [1.54, 1.807) is 38.1 Å². The smallest absolute Gasteiger partial charge is 0.407 e. The summed E-state index contributed by atoms with van der Waals surface area (Å²) in [6.07, 6.45) is -0.145. The highest BCUT2D eigenvalue weighted by Gasteiger charge is 2.37. The maximum atomic E-state index is 14.5. The number of esters is 1. The van der Waals surface area contributed by atoms with Gasteiger partial charge in [-0.25, -0.2) is 9.78 Å². The zero-order chi connectivity index (χ0) is 44.4. The van der Waals surface area contributed by atoms with Gasteiger partial charge in [0.15, 0.2) is 6.10 Å². The summed E-state index contributed by atoms with van der Waals surface area (Å²) < 4.78 is 11.9. The third-order valence-electron chi connectivity index (χ3n) is 11.6. The van der Waals surface area contributed by atoms with Crippen LogP contribution in [0.1, 0.15) is 112 Å². The molecule has 0 saturated heterocycles. The van der Waals surface area contributed by atoms with Crippen LogP contribution < -0.4 is 10.6 Å². The summed E-state index contributed by atoms with van der Waals surface area (Å²) >= 11 is 1.17. The van der Waals surface area contributed by atoms with Crippen LogP contribution in [0.25, 0.3) is 11.1 Å². The lowest BCUT2D eigenvalue weighted by molar-refractivity contribution is -0.155. The Kier molecular flexibility index (Phi) is 16.2. The zero-order valence-corrected chi connectivity index (χ0v) is 37.2. The van der Waals surface area contributed by atoms with Gasteiger partial charge in [0.2, 0.25) is 5.91 Å². The number of amides is 3. The Morgan fingerprint density at radius 3 is 2.02 bits per heavy atom. The highest BCUT2D eigenvalue weighted by atomic mass is 32.1. The minimum absolute atomic E-state index is 0.109. The van der Waals surface area contributed by atoms with Crippen LogP contribution in [0, 0.1) is 23.7 Å². The van der Waals surface area contributed by atoms with Gasteiger partial charge in [-0.15, -0.1) is 11.3 Å². The molecule has 6 atom stereocenters. The number of aliphatic carboxylic acids is 1. The molecule has 0 aliphatic heterocycles. The molecule has 2 unspecified atom stereocenters. The van der Waals surface area contributed by atoms with Crippen LogP contribution >= 0.6 is 11.3 Å². The van der Waals surface area contributed by atoms with E-state index in [1.807, 2.05) is 82.3 Å². The van der Waals surface area contributed by atoms with Gasteiger partial charge in [0.05, 0.1) is 11.8 Å². The summed E-state index contributed by atoms with van der Waals surface area (Å²) in [5.74, 6) is -3.82. The monoisotopic (exact) mass is 852 g/mol. The van der Waals surface area contributed by atoms with Crippen molar-refractivity contribution >= 4 is 41.2 Å². The summed E-state index contributed by atoms with van der Waals surface area (Å²) in [4.78, 5) is 72.7. The fraction of sp³-hybridized carbons (Fsp3) is 0.458. The summed E-state index contributed by atoms with van der Waals surface area (Å²) in [6.45, 7) is 13.0. The van der Waals surface area contributed by atoms with Gasteiger partial charge in [-0.2, -0.15) is 0 Å². The molecule has 12 nitrogen and oxygen atoms in total. The number of carboxylic acid groups (broad SMARTS) is 1. The minimum Gasteiger partial charge on any atom is -0.481 e. The second kappa shape index (κ2) is 21.3. The van der Waals surface area contributed by atoms with Crippen molar-refractivity contribution in [1.82, 2.24) is 20.5 Å². The second-order valence-electron chi connectivity index (χ2n) is 16.8. The summed E-state index contributed by atoms with van der Waals surface area (Å²) in [7, 11) is 1.69.